The second-order valence-electron chi connectivity index (χ2n) is 4.12. The summed E-state index contributed by atoms with van der Waals surface area (Å²) in [5.74, 6) is -0.711. The monoisotopic (exact) mass is 191 g/mol. The molecule has 0 saturated heterocycles. The van der Waals surface area contributed by atoms with Gasteiger partial charge in [-0.15, -0.1) is 0 Å². The van der Waals surface area contributed by atoms with Gasteiger partial charge in [0.1, 0.15) is 11.4 Å². The molecule has 1 aliphatic rings. The van der Waals surface area contributed by atoms with Gasteiger partial charge in [0.05, 0.1) is 5.97 Å². The molecule has 1 aliphatic heterocycles. The van der Waals surface area contributed by atoms with Gasteiger partial charge in [-0.3, -0.25) is 0 Å². The first-order chi connectivity index (χ1) is 6.49. The molecule has 3 heteroatoms. The van der Waals surface area contributed by atoms with Crippen LogP contribution in [0, 0.1) is 0 Å². The summed E-state index contributed by atoms with van der Waals surface area (Å²) in [6, 6.07) is 5.11. The molecule has 0 saturated carbocycles. The molecule has 0 unspecified atom stereocenters. The van der Waals surface area contributed by atoms with E-state index in [-0.39, 0.29) is 11.2 Å². The minimum Gasteiger partial charge on any atom is -0.545 e. The van der Waals surface area contributed by atoms with Crippen molar-refractivity contribution in [2.75, 3.05) is 0 Å². The van der Waals surface area contributed by atoms with Gasteiger partial charge in [-0.25, -0.2) is 0 Å². The largest absolute Gasteiger partial charge is 0.545 e. The second kappa shape index (κ2) is 2.74. The summed E-state index contributed by atoms with van der Waals surface area (Å²) >= 11 is 0. The third-order valence-corrected chi connectivity index (χ3v) is 2.31. The predicted molar refractivity (Wildman–Crippen MR) is 49.2 cm³/mol. The Bertz CT molecular complexity index is 394. The van der Waals surface area contributed by atoms with Crippen molar-refractivity contribution in [2.24, 2.45) is 0 Å². The zero-order valence-corrected chi connectivity index (χ0v) is 8.16. The van der Waals surface area contributed by atoms with Crippen LogP contribution in [0.5, 0.6) is 5.75 Å². The number of para-hydroxylation sites is 1. The van der Waals surface area contributed by atoms with E-state index in [0.29, 0.717) is 5.75 Å². The summed E-state index contributed by atoms with van der Waals surface area (Å²) in [5.41, 5.74) is 0.776. The zero-order valence-electron chi connectivity index (χ0n) is 8.16. The number of carbonyl (C=O) groups excluding carboxylic acids is 1. The first-order valence-corrected chi connectivity index (χ1v) is 4.52. The van der Waals surface area contributed by atoms with Gasteiger partial charge in [0.15, 0.2) is 0 Å². The number of carboxylic acids is 1. The van der Waals surface area contributed by atoms with Crippen LogP contribution in [-0.4, -0.2) is 11.6 Å². The van der Waals surface area contributed by atoms with E-state index in [9.17, 15) is 9.90 Å². The van der Waals surface area contributed by atoms with Crippen molar-refractivity contribution in [2.45, 2.75) is 25.9 Å². The molecule has 1 aromatic rings. The smallest absolute Gasteiger partial charge is 0.132 e. The lowest BCUT2D eigenvalue weighted by Gasteiger charge is -2.18. The molecule has 0 spiro atoms. The highest BCUT2D eigenvalue weighted by Crippen LogP contribution is 2.37. The van der Waals surface area contributed by atoms with Gasteiger partial charge in [0, 0.05) is 12.0 Å². The normalized spacial score (nSPS) is 17.3. The Hall–Kier alpha value is -1.51. The molecule has 0 atom stereocenters. The van der Waals surface area contributed by atoms with Crippen molar-refractivity contribution in [3.8, 4) is 5.75 Å². The van der Waals surface area contributed by atoms with Crippen LogP contribution in [0.4, 0.5) is 0 Å². The number of carboxylic acid groups (broad SMARTS) is 1. The SMILES string of the molecule is CC1(C)Cc2cccc(C(=O)[O-])c2O1. The molecule has 0 amide bonds. The van der Waals surface area contributed by atoms with Crippen molar-refractivity contribution in [1.29, 1.82) is 0 Å². The van der Waals surface area contributed by atoms with Crippen molar-refractivity contribution in [1.82, 2.24) is 0 Å². The molecule has 74 valence electrons. The molecule has 0 radical (unpaired) electrons. The van der Waals surface area contributed by atoms with Gasteiger partial charge in [0.2, 0.25) is 0 Å². The lowest BCUT2D eigenvalue weighted by atomic mass is 10.0. The second-order valence-corrected chi connectivity index (χ2v) is 4.12. The Balaban J connectivity index is 2.52. The standard InChI is InChI=1S/C11H12O3/c1-11(2)6-7-4-3-5-8(10(12)13)9(7)14-11/h3-5H,6H2,1-2H3,(H,12,13)/p-1. The Morgan fingerprint density at radius 3 is 2.86 bits per heavy atom. The summed E-state index contributed by atoms with van der Waals surface area (Å²) in [7, 11) is 0. The molecule has 14 heavy (non-hydrogen) atoms. The third-order valence-electron chi connectivity index (χ3n) is 2.31. The molecule has 0 aromatic heterocycles. The maximum Gasteiger partial charge on any atom is 0.132 e. The average molecular weight is 191 g/mol. The number of aromatic carboxylic acids is 1. The Morgan fingerprint density at radius 1 is 1.50 bits per heavy atom. The summed E-state index contributed by atoms with van der Waals surface area (Å²) in [5, 5.41) is 10.8. The van der Waals surface area contributed by atoms with Crippen molar-refractivity contribution in [3.05, 3.63) is 29.3 Å². The molecule has 1 heterocycles. The summed E-state index contributed by atoms with van der Waals surface area (Å²) < 4.78 is 5.57. The van der Waals surface area contributed by atoms with Crippen LogP contribution in [-0.2, 0) is 6.42 Å². The van der Waals surface area contributed by atoms with Crippen molar-refractivity contribution in [3.63, 3.8) is 0 Å². The quantitative estimate of drug-likeness (QED) is 0.658. The fourth-order valence-electron chi connectivity index (χ4n) is 1.78. The maximum absolute atomic E-state index is 10.8. The predicted octanol–water partition coefficient (Wildman–Crippen LogP) is 0.764. The molecule has 2 rings (SSSR count). The van der Waals surface area contributed by atoms with Crippen LogP contribution in [0.2, 0.25) is 0 Å². The van der Waals surface area contributed by atoms with E-state index in [0.717, 1.165) is 12.0 Å². The number of rotatable bonds is 1. The van der Waals surface area contributed by atoms with Crippen LogP contribution in [0.15, 0.2) is 18.2 Å². The van der Waals surface area contributed by atoms with Crippen LogP contribution in [0.3, 0.4) is 0 Å². The number of hydrogen-bond acceptors (Lipinski definition) is 3. The molecular weight excluding hydrogens is 180 g/mol. The highest BCUT2D eigenvalue weighted by Gasteiger charge is 2.31. The summed E-state index contributed by atoms with van der Waals surface area (Å²) in [4.78, 5) is 10.8. The molecule has 0 aliphatic carbocycles. The van der Waals surface area contributed by atoms with Gasteiger partial charge in [0.25, 0.3) is 0 Å². The van der Waals surface area contributed by atoms with E-state index in [1.165, 1.54) is 6.07 Å². The summed E-state index contributed by atoms with van der Waals surface area (Å²) in [6.07, 6.45) is 0.740. The van der Waals surface area contributed by atoms with Gasteiger partial charge in [-0.05, 0) is 25.5 Å². The van der Waals surface area contributed by atoms with E-state index in [1.54, 1.807) is 6.07 Å². The molecule has 1 aromatic carbocycles. The van der Waals surface area contributed by atoms with Crippen molar-refractivity contribution >= 4 is 5.97 Å². The Kier molecular flexibility index (Phi) is 1.77. The first-order valence-electron chi connectivity index (χ1n) is 4.52. The van der Waals surface area contributed by atoms with Gasteiger partial charge >= 0.3 is 0 Å². The third kappa shape index (κ3) is 1.35. The minimum absolute atomic E-state index is 0.146. The van der Waals surface area contributed by atoms with E-state index in [2.05, 4.69) is 0 Å². The van der Waals surface area contributed by atoms with Gasteiger partial charge < -0.3 is 14.6 Å². The average Bonchev–Trinajstić information content (AvgIpc) is 2.36. The minimum atomic E-state index is -1.18. The molecule has 0 bridgehead atoms. The van der Waals surface area contributed by atoms with E-state index in [4.69, 9.17) is 4.74 Å². The highest BCUT2D eigenvalue weighted by molar-refractivity contribution is 5.90. The van der Waals surface area contributed by atoms with Crippen LogP contribution in [0.1, 0.15) is 29.8 Å². The lowest BCUT2D eigenvalue weighted by Crippen LogP contribution is -2.26. The molecule has 0 fully saturated rings. The van der Waals surface area contributed by atoms with Gasteiger partial charge in [-0.1, -0.05) is 12.1 Å². The lowest BCUT2D eigenvalue weighted by molar-refractivity contribution is -0.255. The first kappa shape index (κ1) is 9.06. The fourth-order valence-corrected chi connectivity index (χ4v) is 1.78. The number of carbonyl (C=O) groups is 1. The Labute approximate surface area is 82.3 Å². The van der Waals surface area contributed by atoms with Crippen LogP contribution < -0.4 is 9.84 Å². The molecule has 0 N–H and O–H groups in total. The zero-order chi connectivity index (χ0) is 10.3. The topological polar surface area (TPSA) is 49.4 Å². The van der Waals surface area contributed by atoms with Crippen LogP contribution in [0.25, 0.3) is 0 Å². The van der Waals surface area contributed by atoms with E-state index >= 15 is 0 Å². The fraction of sp³-hybridized carbons (Fsp3) is 0.364. The molecular formula is C11H11O3-. The van der Waals surface area contributed by atoms with Crippen molar-refractivity contribution < 1.29 is 14.6 Å². The number of fused-ring (bicyclic) bond motifs is 1. The Morgan fingerprint density at radius 2 is 2.21 bits per heavy atom. The summed E-state index contributed by atoms with van der Waals surface area (Å²) in [6.45, 7) is 3.87. The van der Waals surface area contributed by atoms with Crippen LogP contribution >= 0.6 is 0 Å². The van der Waals surface area contributed by atoms with E-state index < -0.39 is 5.97 Å². The molecule has 3 nitrogen and oxygen atoms in total. The van der Waals surface area contributed by atoms with E-state index in [1.807, 2.05) is 19.9 Å². The highest BCUT2D eigenvalue weighted by atomic mass is 16.5. The number of ether oxygens (including phenoxy) is 1. The number of benzene rings is 1. The number of hydrogen-bond donors (Lipinski definition) is 0. The van der Waals surface area contributed by atoms with Gasteiger partial charge in [-0.2, -0.15) is 0 Å². The maximum atomic E-state index is 10.8.